The van der Waals surface area contributed by atoms with Gasteiger partial charge in [-0.2, -0.15) is 0 Å². The van der Waals surface area contributed by atoms with Crippen molar-refractivity contribution in [1.82, 2.24) is 9.80 Å². The molecule has 0 aromatic rings. The SMILES string of the molecule is CCCN1CCN(C(=O)CC2(N)CCCC2)CC1. The molecule has 4 nitrogen and oxygen atoms in total. The van der Waals surface area contributed by atoms with E-state index in [2.05, 4.69) is 11.8 Å². The van der Waals surface area contributed by atoms with E-state index in [-0.39, 0.29) is 11.4 Å². The summed E-state index contributed by atoms with van der Waals surface area (Å²) >= 11 is 0. The molecule has 2 N–H and O–H groups in total. The highest BCUT2D eigenvalue weighted by molar-refractivity contribution is 5.77. The average molecular weight is 253 g/mol. The number of carbonyl (C=O) groups is 1. The van der Waals surface area contributed by atoms with Crippen molar-refractivity contribution < 1.29 is 4.79 Å². The third kappa shape index (κ3) is 3.45. The monoisotopic (exact) mass is 253 g/mol. The Labute approximate surface area is 110 Å². The van der Waals surface area contributed by atoms with Crippen molar-refractivity contribution in [2.75, 3.05) is 32.7 Å². The molecule has 0 bridgehead atoms. The minimum absolute atomic E-state index is 0.197. The number of nitrogens with zero attached hydrogens (tertiary/aromatic N) is 2. The Bertz CT molecular complexity index is 279. The molecule has 1 heterocycles. The zero-order valence-corrected chi connectivity index (χ0v) is 11.7. The van der Waals surface area contributed by atoms with Crippen molar-refractivity contribution in [3.63, 3.8) is 0 Å². The van der Waals surface area contributed by atoms with Gasteiger partial charge >= 0.3 is 0 Å². The second-order valence-electron chi connectivity index (χ2n) is 5.97. The maximum atomic E-state index is 12.3. The fourth-order valence-electron chi connectivity index (χ4n) is 3.21. The summed E-state index contributed by atoms with van der Waals surface area (Å²) in [5.74, 6) is 0.274. The van der Waals surface area contributed by atoms with Crippen molar-refractivity contribution >= 4 is 5.91 Å². The van der Waals surface area contributed by atoms with Crippen LogP contribution in [0.15, 0.2) is 0 Å². The van der Waals surface area contributed by atoms with Crippen molar-refractivity contribution in [2.45, 2.75) is 51.0 Å². The molecule has 0 atom stereocenters. The lowest BCUT2D eigenvalue weighted by molar-refractivity contribution is -0.134. The van der Waals surface area contributed by atoms with Gasteiger partial charge in [0.25, 0.3) is 0 Å². The van der Waals surface area contributed by atoms with Crippen LogP contribution >= 0.6 is 0 Å². The predicted octanol–water partition coefficient (Wildman–Crippen LogP) is 1.20. The predicted molar refractivity (Wildman–Crippen MR) is 73.3 cm³/mol. The highest BCUT2D eigenvalue weighted by Gasteiger charge is 2.33. The highest BCUT2D eigenvalue weighted by atomic mass is 16.2. The molecule has 2 rings (SSSR count). The van der Waals surface area contributed by atoms with Crippen LogP contribution in [-0.4, -0.2) is 54.0 Å². The van der Waals surface area contributed by atoms with E-state index in [1.807, 2.05) is 4.90 Å². The lowest BCUT2D eigenvalue weighted by atomic mass is 9.94. The normalized spacial score (nSPS) is 24.4. The van der Waals surface area contributed by atoms with Crippen LogP contribution in [0, 0.1) is 0 Å². The van der Waals surface area contributed by atoms with Gasteiger partial charge in [-0.1, -0.05) is 19.8 Å². The average Bonchev–Trinajstić information content (AvgIpc) is 2.77. The molecule has 104 valence electrons. The van der Waals surface area contributed by atoms with Crippen LogP contribution in [-0.2, 0) is 4.79 Å². The molecule has 1 saturated heterocycles. The van der Waals surface area contributed by atoms with E-state index in [9.17, 15) is 4.79 Å². The molecule has 1 amide bonds. The Morgan fingerprint density at radius 2 is 1.78 bits per heavy atom. The minimum Gasteiger partial charge on any atom is -0.340 e. The fourth-order valence-corrected chi connectivity index (χ4v) is 3.21. The zero-order chi connectivity index (χ0) is 13.0. The first-order valence-electron chi connectivity index (χ1n) is 7.42. The number of hydrogen-bond donors (Lipinski definition) is 1. The highest BCUT2D eigenvalue weighted by Crippen LogP contribution is 2.30. The summed E-state index contributed by atoms with van der Waals surface area (Å²) in [6.07, 6.45) is 6.17. The topological polar surface area (TPSA) is 49.6 Å². The van der Waals surface area contributed by atoms with Gasteiger partial charge in [-0.3, -0.25) is 9.69 Å². The van der Waals surface area contributed by atoms with E-state index in [4.69, 9.17) is 5.73 Å². The van der Waals surface area contributed by atoms with Gasteiger partial charge in [0.2, 0.25) is 5.91 Å². The number of nitrogens with two attached hydrogens (primary N) is 1. The van der Waals surface area contributed by atoms with E-state index < -0.39 is 0 Å². The van der Waals surface area contributed by atoms with Crippen LogP contribution in [0.25, 0.3) is 0 Å². The van der Waals surface area contributed by atoms with E-state index in [0.717, 1.165) is 45.6 Å². The molecule has 1 aliphatic heterocycles. The summed E-state index contributed by atoms with van der Waals surface area (Å²) in [6, 6.07) is 0. The van der Waals surface area contributed by atoms with Gasteiger partial charge < -0.3 is 10.6 Å². The molecule has 0 aromatic carbocycles. The van der Waals surface area contributed by atoms with Gasteiger partial charge in [-0.05, 0) is 25.8 Å². The van der Waals surface area contributed by atoms with Crippen molar-refractivity contribution in [1.29, 1.82) is 0 Å². The van der Waals surface area contributed by atoms with Crippen LogP contribution in [0.4, 0.5) is 0 Å². The summed E-state index contributed by atoms with van der Waals surface area (Å²) in [7, 11) is 0. The van der Waals surface area contributed by atoms with Gasteiger partial charge in [-0.15, -0.1) is 0 Å². The van der Waals surface area contributed by atoms with Gasteiger partial charge in [-0.25, -0.2) is 0 Å². The quantitative estimate of drug-likeness (QED) is 0.819. The maximum Gasteiger partial charge on any atom is 0.224 e. The van der Waals surface area contributed by atoms with E-state index in [0.29, 0.717) is 6.42 Å². The number of piperazine rings is 1. The molecule has 0 unspecified atom stereocenters. The molecule has 4 heteroatoms. The zero-order valence-electron chi connectivity index (χ0n) is 11.7. The van der Waals surface area contributed by atoms with Crippen molar-refractivity contribution in [3.05, 3.63) is 0 Å². The van der Waals surface area contributed by atoms with Crippen molar-refractivity contribution in [2.24, 2.45) is 5.73 Å². The summed E-state index contributed by atoms with van der Waals surface area (Å²) in [5.41, 5.74) is 6.09. The molecule has 2 fully saturated rings. The largest absolute Gasteiger partial charge is 0.340 e. The molecule has 0 radical (unpaired) electrons. The van der Waals surface area contributed by atoms with E-state index in [1.54, 1.807) is 0 Å². The summed E-state index contributed by atoms with van der Waals surface area (Å²) in [5, 5.41) is 0. The minimum atomic E-state index is -0.197. The Hall–Kier alpha value is -0.610. The fraction of sp³-hybridized carbons (Fsp3) is 0.929. The van der Waals surface area contributed by atoms with Crippen LogP contribution in [0.3, 0.4) is 0 Å². The molecule has 18 heavy (non-hydrogen) atoms. The second kappa shape index (κ2) is 6.02. The first-order valence-corrected chi connectivity index (χ1v) is 7.42. The summed E-state index contributed by atoms with van der Waals surface area (Å²) in [6.45, 7) is 7.18. The first-order chi connectivity index (χ1) is 8.63. The molecular weight excluding hydrogens is 226 g/mol. The lowest BCUT2D eigenvalue weighted by Gasteiger charge is -2.36. The number of hydrogen-bond acceptors (Lipinski definition) is 3. The van der Waals surface area contributed by atoms with Gasteiger partial charge in [0, 0.05) is 38.1 Å². The summed E-state index contributed by atoms with van der Waals surface area (Å²) < 4.78 is 0. The van der Waals surface area contributed by atoms with E-state index >= 15 is 0 Å². The van der Waals surface area contributed by atoms with Crippen LogP contribution < -0.4 is 5.73 Å². The molecule has 1 aliphatic carbocycles. The summed E-state index contributed by atoms with van der Waals surface area (Å²) in [4.78, 5) is 16.7. The smallest absolute Gasteiger partial charge is 0.224 e. The Morgan fingerprint density at radius 1 is 1.17 bits per heavy atom. The van der Waals surface area contributed by atoms with Gasteiger partial charge in [0.05, 0.1) is 0 Å². The molecule has 0 aromatic heterocycles. The third-order valence-corrected chi connectivity index (χ3v) is 4.37. The van der Waals surface area contributed by atoms with Crippen LogP contribution in [0.1, 0.15) is 45.4 Å². The Morgan fingerprint density at radius 3 is 2.33 bits per heavy atom. The van der Waals surface area contributed by atoms with Crippen LogP contribution in [0.5, 0.6) is 0 Å². The lowest BCUT2D eigenvalue weighted by Crippen LogP contribution is -2.51. The molecule has 2 aliphatic rings. The third-order valence-electron chi connectivity index (χ3n) is 4.37. The van der Waals surface area contributed by atoms with E-state index in [1.165, 1.54) is 19.3 Å². The standard InChI is InChI=1S/C14H27N3O/c1-2-7-16-8-10-17(11-9-16)13(18)12-14(15)5-3-4-6-14/h2-12,15H2,1H3. The Kier molecular flexibility index (Phi) is 4.62. The van der Waals surface area contributed by atoms with Gasteiger partial charge in [0.15, 0.2) is 0 Å². The molecule has 0 spiro atoms. The molecule has 1 saturated carbocycles. The molecular formula is C14H27N3O. The number of amides is 1. The Balaban J connectivity index is 1.77. The maximum absolute atomic E-state index is 12.3. The number of rotatable bonds is 4. The van der Waals surface area contributed by atoms with Crippen molar-refractivity contribution in [3.8, 4) is 0 Å². The van der Waals surface area contributed by atoms with Crippen LogP contribution in [0.2, 0.25) is 0 Å². The second-order valence-corrected chi connectivity index (χ2v) is 5.97. The van der Waals surface area contributed by atoms with Gasteiger partial charge in [0.1, 0.15) is 0 Å². The number of carbonyl (C=O) groups excluding carboxylic acids is 1. The first kappa shape index (κ1) is 13.8.